The maximum atomic E-state index is 12.9. The van der Waals surface area contributed by atoms with Crippen molar-refractivity contribution in [2.45, 2.75) is 17.9 Å². The van der Waals surface area contributed by atoms with Crippen molar-refractivity contribution in [2.75, 3.05) is 37.6 Å². The molecular weight excluding hydrogens is 458 g/mol. The number of rotatable bonds is 8. The molecule has 4 rings (SSSR count). The molecule has 1 aromatic heterocycles. The lowest BCUT2D eigenvalue weighted by molar-refractivity contribution is 0.0169. The van der Waals surface area contributed by atoms with Gasteiger partial charge in [-0.05, 0) is 48.7 Å². The molecule has 174 valence electrons. The van der Waals surface area contributed by atoms with E-state index >= 15 is 0 Å². The maximum absolute atomic E-state index is 12.9. The van der Waals surface area contributed by atoms with Gasteiger partial charge in [-0.1, -0.05) is 29.8 Å². The first-order valence-electron chi connectivity index (χ1n) is 10.8. The van der Waals surface area contributed by atoms with Crippen molar-refractivity contribution in [3.05, 3.63) is 82.0 Å². The molecule has 1 atom stereocenters. The molecule has 1 saturated heterocycles. The lowest BCUT2D eigenvalue weighted by Gasteiger charge is -2.34. The molecule has 2 N–H and O–H groups in total. The van der Waals surface area contributed by atoms with Crippen molar-refractivity contribution in [2.24, 2.45) is 0 Å². The minimum atomic E-state index is -3.82. The van der Waals surface area contributed by atoms with Gasteiger partial charge in [0.1, 0.15) is 0 Å². The summed E-state index contributed by atoms with van der Waals surface area (Å²) in [6.45, 7) is 5.31. The van der Waals surface area contributed by atoms with E-state index in [2.05, 4.69) is 21.0 Å². The highest BCUT2D eigenvalue weighted by Crippen LogP contribution is 2.25. The fourth-order valence-electron chi connectivity index (χ4n) is 3.71. The van der Waals surface area contributed by atoms with Crippen LogP contribution in [0.1, 0.15) is 26.8 Å². The van der Waals surface area contributed by atoms with Crippen LogP contribution < -0.4 is 10.0 Å². The van der Waals surface area contributed by atoms with Gasteiger partial charge in [-0.25, -0.2) is 8.42 Å². The van der Waals surface area contributed by atoms with Gasteiger partial charge in [0, 0.05) is 35.8 Å². The lowest BCUT2D eigenvalue weighted by atomic mass is 10.1. The fraction of sp³-hybridized carbons (Fsp3) is 0.292. The molecule has 33 heavy (non-hydrogen) atoms. The molecule has 0 spiro atoms. The predicted molar refractivity (Wildman–Crippen MR) is 130 cm³/mol. The van der Waals surface area contributed by atoms with E-state index in [-0.39, 0.29) is 16.8 Å². The number of carbonyl (C=O) groups is 1. The normalized spacial score (nSPS) is 15.7. The zero-order chi connectivity index (χ0) is 23.3. The van der Waals surface area contributed by atoms with Crippen molar-refractivity contribution in [1.82, 2.24) is 10.2 Å². The molecule has 1 aliphatic heterocycles. The van der Waals surface area contributed by atoms with Crippen LogP contribution in [0.3, 0.4) is 0 Å². The van der Waals surface area contributed by atoms with Crippen LogP contribution in [-0.4, -0.2) is 52.1 Å². The number of nitrogens with zero attached hydrogens (tertiary/aromatic N) is 1. The largest absolute Gasteiger partial charge is 0.379 e. The number of ether oxygens (including phenoxy) is 1. The smallest absolute Gasteiger partial charge is 0.261 e. The number of benzene rings is 2. The molecule has 0 radical (unpaired) electrons. The van der Waals surface area contributed by atoms with Crippen LogP contribution in [0, 0.1) is 6.92 Å². The first-order valence-corrected chi connectivity index (χ1v) is 13.1. The highest BCUT2D eigenvalue weighted by molar-refractivity contribution is 7.92. The van der Waals surface area contributed by atoms with E-state index in [9.17, 15) is 13.2 Å². The van der Waals surface area contributed by atoms with E-state index in [0.717, 1.165) is 18.7 Å². The number of morpholine rings is 1. The van der Waals surface area contributed by atoms with E-state index in [1.807, 2.05) is 30.5 Å². The first kappa shape index (κ1) is 23.4. The Hall–Kier alpha value is -2.72. The van der Waals surface area contributed by atoms with E-state index in [1.165, 1.54) is 17.0 Å². The Morgan fingerprint density at radius 3 is 2.55 bits per heavy atom. The van der Waals surface area contributed by atoms with Gasteiger partial charge in [0.25, 0.3) is 15.9 Å². The Bertz CT molecular complexity index is 1170. The molecule has 0 saturated carbocycles. The van der Waals surface area contributed by atoms with Gasteiger partial charge in [0.15, 0.2) is 0 Å². The minimum Gasteiger partial charge on any atom is -0.379 e. The van der Waals surface area contributed by atoms with Gasteiger partial charge in [0.05, 0.1) is 24.2 Å². The topological polar surface area (TPSA) is 87.7 Å². The number of hydrogen-bond acceptors (Lipinski definition) is 6. The molecule has 0 aliphatic carbocycles. The van der Waals surface area contributed by atoms with Crippen LogP contribution in [0.4, 0.5) is 5.69 Å². The van der Waals surface area contributed by atoms with Gasteiger partial charge in [-0.2, -0.15) is 0 Å². The minimum absolute atomic E-state index is 0.0405. The molecule has 3 aromatic rings. The van der Waals surface area contributed by atoms with Crippen LogP contribution in [0.25, 0.3) is 0 Å². The molecule has 9 heteroatoms. The highest BCUT2D eigenvalue weighted by Gasteiger charge is 2.24. The number of carbonyl (C=O) groups excluding carboxylic acids is 1. The monoisotopic (exact) mass is 485 g/mol. The quantitative estimate of drug-likeness (QED) is 0.508. The predicted octanol–water partition coefficient (Wildman–Crippen LogP) is 3.66. The standard InChI is InChI=1S/C24H27N3O4S2/c1-18-7-9-20(10-8-18)26-33(29,30)21-5-2-4-19(16-21)24(28)25-17-22(23-6-3-15-32-23)27-11-13-31-14-12-27/h2-10,15-16,22,26H,11-14,17H2,1H3,(H,25,28). The van der Waals surface area contributed by atoms with Crippen LogP contribution >= 0.6 is 11.3 Å². The number of hydrogen-bond donors (Lipinski definition) is 2. The van der Waals surface area contributed by atoms with E-state index in [0.29, 0.717) is 31.0 Å². The first-order chi connectivity index (χ1) is 15.9. The summed E-state index contributed by atoms with van der Waals surface area (Å²) in [6, 6.07) is 17.3. The number of anilines is 1. The third-order valence-electron chi connectivity index (χ3n) is 5.52. The van der Waals surface area contributed by atoms with Gasteiger partial charge in [-0.3, -0.25) is 14.4 Å². The molecule has 2 aromatic carbocycles. The Morgan fingerprint density at radius 1 is 1.09 bits per heavy atom. The Kier molecular flexibility index (Phi) is 7.44. The lowest BCUT2D eigenvalue weighted by Crippen LogP contribution is -2.43. The van der Waals surface area contributed by atoms with Gasteiger partial charge in [-0.15, -0.1) is 11.3 Å². The Morgan fingerprint density at radius 2 is 1.85 bits per heavy atom. The zero-order valence-electron chi connectivity index (χ0n) is 18.4. The second-order valence-corrected chi connectivity index (χ2v) is 10.6. The summed E-state index contributed by atoms with van der Waals surface area (Å²) >= 11 is 1.66. The van der Waals surface area contributed by atoms with Crippen molar-refractivity contribution in [3.63, 3.8) is 0 Å². The average Bonchev–Trinajstić information content (AvgIpc) is 3.36. The molecule has 2 heterocycles. The van der Waals surface area contributed by atoms with Crippen molar-refractivity contribution in [1.29, 1.82) is 0 Å². The number of sulfonamides is 1. The fourth-order valence-corrected chi connectivity index (χ4v) is 5.68. The van der Waals surface area contributed by atoms with Gasteiger partial charge < -0.3 is 10.1 Å². The molecule has 1 fully saturated rings. The summed E-state index contributed by atoms with van der Waals surface area (Å²) in [6.07, 6.45) is 0. The molecule has 7 nitrogen and oxygen atoms in total. The number of aryl methyl sites for hydroxylation is 1. The maximum Gasteiger partial charge on any atom is 0.261 e. The second kappa shape index (κ2) is 10.5. The number of thiophene rings is 1. The third-order valence-corrected chi connectivity index (χ3v) is 7.88. The van der Waals surface area contributed by atoms with E-state index in [1.54, 1.807) is 35.6 Å². The summed E-state index contributed by atoms with van der Waals surface area (Å²) in [5.41, 5.74) is 1.81. The number of amides is 1. The number of nitrogens with one attached hydrogen (secondary N) is 2. The van der Waals surface area contributed by atoms with Crippen molar-refractivity contribution < 1.29 is 17.9 Å². The molecule has 1 amide bonds. The van der Waals surface area contributed by atoms with Crippen molar-refractivity contribution in [3.8, 4) is 0 Å². The van der Waals surface area contributed by atoms with Crippen LogP contribution in [0.2, 0.25) is 0 Å². The SMILES string of the molecule is Cc1ccc(NS(=O)(=O)c2cccc(C(=O)NCC(c3cccs3)N3CCOCC3)c2)cc1. The van der Waals surface area contributed by atoms with E-state index in [4.69, 9.17) is 4.74 Å². The summed E-state index contributed by atoms with van der Waals surface area (Å²) in [7, 11) is -3.82. The van der Waals surface area contributed by atoms with Gasteiger partial charge >= 0.3 is 0 Å². The highest BCUT2D eigenvalue weighted by atomic mass is 32.2. The molecule has 1 unspecified atom stereocenters. The van der Waals surface area contributed by atoms with E-state index < -0.39 is 10.0 Å². The molecule has 0 bridgehead atoms. The summed E-state index contributed by atoms with van der Waals surface area (Å²) < 4.78 is 33.7. The third kappa shape index (κ3) is 6.00. The Labute approximate surface area is 198 Å². The average molecular weight is 486 g/mol. The summed E-state index contributed by atoms with van der Waals surface area (Å²) in [5.74, 6) is -0.308. The van der Waals surface area contributed by atoms with Crippen LogP contribution in [-0.2, 0) is 14.8 Å². The van der Waals surface area contributed by atoms with Crippen LogP contribution in [0.15, 0.2) is 70.9 Å². The Balaban J connectivity index is 1.46. The van der Waals surface area contributed by atoms with Crippen LogP contribution in [0.5, 0.6) is 0 Å². The van der Waals surface area contributed by atoms with Crippen molar-refractivity contribution >= 4 is 33.0 Å². The summed E-state index contributed by atoms with van der Waals surface area (Å²) in [4.78, 5) is 16.4. The summed E-state index contributed by atoms with van der Waals surface area (Å²) in [5, 5.41) is 5.02. The molecule has 1 aliphatic rings. The molecular formula is C24H27N3O4S2. The van der Waals surface area contributed by atoms with Gasteiger partial charge in [0.2, 0.25) is 0 Å². The zero-order valence-corrected chi connectivity index (χ0v) is 20.0. The second-order valence-electron chi connectivity index (χ2n) is 7.89.